The second-order valence-electron chi connectivity index (χ2n) is 7.01. The summed E-state index contributed by atoms with van der Waals surface area (Å²) >= 11 is 0. The van der Waals surface area contributed by atoms with Gasteiger partial charge >= 0.3 is 0 Å². The molecule has 1 aromatic carbocycles. The van der Waals surface area contributed by atoms with Crippen molar-refractivity contribution in [3.63, 3.8) is 0 Å². The van der Waals surface area contributed by atoms with Crippen LogP contribution in [0.5, 0.6) is 5.75 Å². The van der Waals surface area contributed by atoms with Gasteiger partial charge in [0, 0.05) is 12.3 Å². The van der Waals surface area contributed by atoms with E-state index in [1.165, 1.54) is 0 Å². The lowest BCUT2D eigenvalue weighted by Gasteiger charge is -2.28. The Hall–Kier alpha value is -1.55. The molecule has 1 atom stereocenters. The first-order valence-corrected chi connectivity index (χ1v) is 8.93. The number of anilines is 1. The van der Waals surface area contributed by atoms with Crippen molar-refractivity contribution in [2.75, 3.05) is 18.5 Å². The lowest BCUT2D eigenvalue weighted by molar-refractivity contribution is -0.139. The number of hydrogen-bond donors (Lipinski definition) is 1. The smallest absolute Gasteiger partial charge is 0.256 e. The molecule has 0 spiro atoms. The van der Waals surface area contributed by atoms with Crippen molar-refractivity contribution in [1.82, 2.24) is 0 Å². The van der Waals surface area contributed by atoms with Crippen LogP contribution in [-0.2, 0) is 9.53 Å². The number of aryl methyl sites for hydroxylation is 2. The van der Waals surface area contributed by atoms with Crippen LogP contribution in [0.3, 0.4) is 0 Å². The first-order valence-electron chi connectivity index (χ1n) is 8.93. The number of amides is 1. The summed E-state index contributed by atoms with van der Waals surface area (Å²) in [5, 5.41) is 3.01. The van der Waals surface area contributed by atoms with Crippen molar-refractivity contribution in [1.29, 1.82) is 0 Å². The van der Waals surface area contributed by atoms with Gasteiger partial charge in [-0.05, 0) is 63.3 Å². The van der Waals surface area contributed by atoms with Crippen molar-refractivity contribution in [3.8, 4) is 5.75 Å². The van der Waals surface area contributed by atoms with E-state index in [-0.39, 0.29) is 5.91 Å². The van der Waals surface area contributed by atoms with Gasteiger partial charge in [-0.25, -0.2) is 0 Å². The molecule has 24 heavy (non-hydrogen) atoms. The largest absolute Gasteiger partial charge is 0.493 e. The van der Waals surface area contributed by atoms with Gasteiger partial charge in [-0.15, -0.1) is 0 Å². The zero-order valence-corrected chi connectivity index (χ0v) is 16.3. The molecule has 4 heteroatoms. The molecule has 0 heterocycles. The number of ether oxygens (including phenoxy) is 2. The van der Waals surface area contributed by atoms with E-state index in [4.69, 9.17) is 9.47 Å². The highest BCUT2D eigenvalue weighted by molar-refractivity contribution is 5.97. The van der Waals surface area contributed by atoms with Gasteiger partial charge in [-0.1, -0.05) is 27.2 Å². The van der Waals surface area contributed by atoms with Gasteiger partial charge in [0.1, 0.15) is 11.4 Å². The average molecular weight is 335 g/mol. The fraction of sp³-hybridized carbons (Fsp3) is 0.650. The van der Waals surface area contributed by atoms with Crippen molar-refractivity contribution in [2.45, 2.75) is 66.9 Å². The molecule has 0 saturated heterocycles. The third-order valence-electron chi connectivity index (χ3n) is 3.95. The van der Waals surface area contributed by atoms with E-state index in [0.29, 0.717) is 25.6 Å². The van der Waals surface area contributed by atoms with E-state index in [1.54, 1.807) is 0 Å². The third kappa shape index (κ3) is 5.52. The number of nitrogens with one attached hydrogen (secondary N) is 1. The van der Waals surface area contributed by atoms with Gasteiger partial charge in [-0.3, -0.25) is 4.79 Å². The maximum atomic E-state index is 12.7. The summed E-state index contributed by atoms with van der Waals surface area (Å²) in [7, 11) is 0. The first-order chi connectivity index (χ1) is 11.2. The molecule has 0 aliphatic rings. The van der Waals surface area contributed by atoms with Crippen LogP contribution in [0.2, 0.25) is 0 Å². The van der Waals surface area contributed by atoms with E-state index in [2.05, 4.69) is 26.1 Å². The Labute approximate surface area is 146 Å². The Morgan fingerprint density at radius 1 is 1.21 bits per heavy atom. The molecule has 1 aromatic rings. The fourth-order valence-electron chi connectivity index (χ4n) is 2.81. The summed E-state index contributed by atoms with van der Waals surface area (Å²) in [6.45, 7) is 15.3. The van der Waals surface area contributed by atoms with E-state index >= 15 is 0 Å². The molecule has 1 amide bonds. The van der Waals surface area contributed by atoms with E-state index in [9.17, 15) is 4.79 Å². The van der Waals surface area contributed by atoms with Crippen molar-refractivity contribution in [3.05, 3.63) is 23.3 Å². The maximum Gasteiger partial charge on any atom is 0.256 e. The van der Waals surface area contributed by atoms with Crippen LogP contribution in [0.25, 0.3) is 0 Å². The minimum atomic E-state index is -0.794. The topological polar surface area (TPSA) is 47.6 Å². The zero-order valence-electron chi connectivity index (χ0n) is 16.3. The predicted molar refractivity (Wildman–Crippen MR) is 99.8 cm³/mol. The van der Waals surface area contributed by atoms with E-state index in [0.717, 1.165) is 29.0 Å². The standard InChI is InChI=1S/C20H33NO3/c1-8-10-20(7,24-9-2)19(22)21-17-11-15(5)18(16(6)12-17)23-13-14(3)4/h11-12,14H,8-10,13H2,1-7H3,(H,21,22)/t20-/m1/s1. The molecule has 0 fully saturated rings. The zero-order chi connectivity index (χ0) is 18.3. The van der Waals surface area contributed by atoms with Gasteiger partial charge in [0.2, 0.25) is 0 Å². The lowest BCUT2D eigenvalue weighted by Crippen LogP contribution is -2.42. The molecule has 0 radical (unpaired) electrons. The number of benzene rings is 1. The predicted octanol–water partition coefficient (Wildman–Crippen LogP) is 4.87. The lowest BCUT2D eigenvalue weighted by atomic mass is 9.98. The Morgan fingerprint density at radius 2 is 1.79 bits per heavy atom. The normalized spacial score (nSPS) is 13.7. The van der Waals surface area contributed by atoms with E-state index in [1.807, 2.05) is 39.8 Å². The minimum Gasteiger partial charge on any atom is -0.493 e. The Bertz CT molecular complexity index is 523. The summed E-state index contributed by atoms with van der Waals surface area (Å²) < 4.78 is 11.6. The maximum absolute atomic E-state index is 12.7. The van der Waals surface area contributed by atoms with Gasteiger partial charge in [0.25, 0.3) is 5.91 Å². The summed E-state index contributed by atoms with van der Waals surface area (Å²) in [6, 6.07) is 3.91. The van der Waals surface area contributed by atoms with Crippen LogP contribution in [0.4, 0.5) is 5.69 Å². The van der Waals surface area contributed by atoms with E-state index < -0.39 is 5.60 Å². The summed E-state index contributed by atoms with van der Waals surface area (Å²) in [5.41, 5.74) is 2.05. The van der Waals surface area contributed by atoms with Gasteiger partial charge in [0.15, 0.2) is 0 Å². The molecule has 4 nitrogen and oxygen atoms in total. The Morgan fingerprint density at radius 3 is 2.25 bits per heavy atom. The highest BCUT2D eigenvalue weighted by Gasteiger charge is 2.33. The molecular weight excluding hydrogens is 302 g/mol. The molecule has 1 rings (SSSR count). The average Bonchev–Trinajstić information content (AvgIpc) is 2.46. The van der Waals surface area contributed by atoms with Crippen LogP contribution < -0.4 is 10.1 Å². The number of rotatable bonds is 9. The Kier molecular flexibility index (Phi) is 7.74. The van der Waals surface area contributed by atoms with Crippen molar-refractivity contribution < 1.29 is 14.3 Å². The quantitative estimate of drug-likeness (QED) is 0.700. The molecule has 0 aliphatic heterocycles. The fourth-order valence-corrected chi connectivity index (χ4v) is 2.81. The summed E-state index contributed by atoms with van der Waals surface area (Å²) in [4.78, 5) is 12.7. The molecule has 0 aromatic heterocycles. The van der Waals surface area contributed by atoms with Crippen molar-refractivity contribution >= 4 is 11.6 Å². The summed E-state index contributed by atoms with van der Waals surface area (Å²) in [5.74, 6) is 1.28. The van der Waals surface area contributed by atoms with Crippen molar-refractivity contribution in [2.24, 2.45) is 5.92 Å². The SMILES string of the molecule is CCC[C@@](C)(OCC)C(=O)Nc1cc(C)c(OCC(C)C)c(C)c1. The highest BCUT2D eigenvalue weighted by atomic mass is 16.5. The molecule has 0 unspecified atom stereocenters. The van der Waals surface area contributed by atoms with Gasteiger partial charge in [0.05, 0.1) is 6.61 Å². The second kappa shape index (κ2) is 9.07. The van der Waals surface area contributed by atoms with Crippen LogP contribution in [0, 0.1) is 19.8 Å². The molecule has 0 bridgehead atoms. The Balaban J connectivity index is 2.93. The number of carbonyl (C=O) groups excluding carboxylic acids is 1. The second-order valence-corrected chi connectivity index (χ2v) is 7.01. The summed E-state index contributed by atoms with van der Waals surface area (Å²) in [6.07, 6.45) is 1.59. The van der Waals surface area contributed by atoms with Crippen LogP contribution in [0.1, 0.15) is 58.6 Å². The molecule has 0 saturated carbocycles. The first kappa shape index (κ1) is 20.5. The van der Waals surface area contributed by atoms with Gasteiger partial charge < -0.3 is 14.8 Å². The van der Waals surface area contributed by atoms with Crippen LogP contribution in [-0.4, -0.2) is 24.7 Å². The van der Waals surface area contributed by atoms with Crippen LogP contribution >= 0.6 is 0 Å². The monoisotopic (exact) mass is 335 g/mol. The van der Waals surface area contributed by atoms with Crippen LogP contribution in [0.15, 0.2) is 12.1 Å². The molecule has 136 valence electrons. The molecule has 0 aliphatic carbocycles. The number of carbonyl (C=O) groups is 1. The molecular formula is C20H33NO3. The highest BCUT2D eigenvalue weighted by Crippen LogP contribution is 2.29. The number of hydrogen-bond acceptors (Lipinski definition) is 3. The molecule has 1 N–H and O–H groups in total. The van der Waals surface area contributed by atoms with Gasteiger partial charge in [-0.2, -0.15) is 0 Å². The third-order valence-corrected chi connectivity index (χ3v) is 3.95. The minimum absolute atomic E-state index is 0.0964.